The number of halogens is 1. The minimum absolute atomic E-state index is 0.175. The number of nitrogens with one attached hydrogen (secondary N) is 1. The van der Waals surface area contributed by atoms with Crippen LogP contribution in [-0.4, -0.2) is 75.8 Å². The Bertz CT molecular complexity index is 1010. The number of aromatic amines is 1. The number of nitrogen functional groups attached to an aromatic ring is 1. The SMILES string of the molecule is Nc1ncnc(N2CCN([C@@H](CN3CCC3)c3cccc(F)c3)CC2)c1-c1cn[nH]c1. The number of aromatic nitrogens is 4. The lowest BCUT2D eigenvalue weighted by atomic mass is 10.0. The molecule has 1 atom stereocenters. The van der Waals surface area contributed by atoms with Gasteiger partial charge in [0.05, 0.1) is 11.8 Å². The van der Waals surface area contributed by atoms with Gasteiger partial charge in [-0.1, -0.05) is 12.1 Å². The van der Waals surface area contributed by atoms with Crippen molar-refractivity contribution in [2.75, 3.05) is 56.4 Å². The van der Waals surface area contributed by atoms with Crippen LogP contribution < -0.4 is 10.6 Å². The highest BCUT2D eigenvalue weighted by Gasteiger charge is 2.30. The third kappa shape index (κ3) is 4.11. The van der Waals surface area contributed by atoms with Crippen molar-refractivity contribution < 1.29 is 4.39 Å². The van der Waals surface area contributed by atoms with Gasteiger partial charge in [0.2, 0.25) is 0 Å². The number of nitrogens with zero attached hydrogens (tertiary/aromatic N) is 6. The van der Waals surface area contributed by atoms with E-state index in [0.717, 1.165) is 68.3 Å². The molecule has 2 aliphatic heterocycles. The molecule has 3 N–H and O–H groups in total. The zero-order valence-electron chi connectivity index (χ0n) is 17.4. The fourth-order valence-corrected chi connectivity index (χ4v) is 4.49. The van der Waals surface area contributed by atoms with Crippen molar-refractivity contribution in [2.24, 2.45) is 0 Å². The first-order valence-corrected chi connectivity index (χ1v) is 10.8. The molecule has 1 aromatic carbocycles. The first-order valence-electron chi connectivity index (χ1n) is 10.8. The summed E-state index contributed by atoms with van der Waals surface area (Å²) in [5, 5.41) is 6.88. The Balaban J connectivity index is 1.35. The molecule has 0 radical (unpaired) electrons. The van der Waals surface area contributed by atoms with Crippen molar-refractivity contribution in [3.05, 3.63) is 54.4 Å². The molecule has 0 unspecified atom stereocenters. The molecule has 0 amide bonds. The highest BCUT2D eigenvalue weighted by molar-refractivity contribution is 5.83. The van der Waals surface area contributed by atoms with Gasteiger partial charge in [0, 0.05) is 50.5 Å². The molecule has 9 heteroatoms. The lowest BCUT2D eigenvalue weighted by molar-refractivity contribution is 0.0964. The Labute approximate surface area is 180 Å². The minimum Gasteiger partial charge on any atom is -0.383 e. The number of likely N-dealkylation sites (tertiary alicyclic amines) is 1. The second kappa shape index (κ2) is 8.60. The quantitative estimate of drug-likeness (QED) is 0.629. The maximum absolute atomic E-state index is 14.0. The number of piperazine rings is 1. The molecule has 0 bridgehead atoms. The predicted molar refractivity (Wildman–Crippen MR) is 118 cm³/mol. The summed E-state index contributed by atoms with van der Waals surface area (Å²) in [6.45, 7) is 6.54. The first kappa shape index (κ1) is 19.9. The molecule has 8 nitrogen and oxygen atoms in total. The summed E-state index contributed by atoms with van der Waals surface area (Å²) < 4.78 is 14.0. The van der Waals surface area contributed by atoms with E-state index >= 15 is 0 Å². The van der Waals surface area contributed by atoms with Crippen LogP contribution in [0.5, 0.6) is 0 Å². The molecular weight excluding hydrogens is 395 g/mol. The number of H-pyrrole nitrogens is 1. The van der Waals surface area contributed by atoms with Crippen LogP contribution in [0.1, 0.15) is 18.0 Å². The van der Waals surface area contributed by atoms with Gasteiger partial charge in [0.15, 0.2) is 0 Å². The average molecular weight is 423 g/mol. The number of benzene rings is 1. The summed E-state index contributed by atoms with van der Waals surface area (Å²) in [4.78, 5) is 15.9. The highest BCUT2D eigenvalue weighted by atomic mass is 19.1. The summed E-state index contributed by atoms with van der Waals surface area (Å²) >= 11 is 0. The lowest BCUT2D eigenvalue weighted by Gasteiger charge is -2.43. The molecule has 2 aromatic heterocycles. The number of rotatable bonds is 6. The Kier molecular flexibility index (Phi) is 5.52. The third-order valence-electron chi connectivity index (χ3n) is 6.31. The second-order valence-corrected chi connectivity index (χ2v) is 8.19. The van der Waals surface area contributed by atoms with Gasteiger partial charge < -0.3 is 15.5 Å². The maximum atomic E-state index is 14.0. The van der Waals surface area contributed by atoms with Crippen LogP contribution in [0, 0.1) is 5.82 Å². The molecule has 0 aliphatic carbocycles. The van der Waals surface area contributed by atoms with Crippen molar-refractivity contribution in [1.82, 2.24) is 30.0 Å². The summed E-state index contributed by atoms with van der Waals surface area (Å²) in [6.07, 6.45) is 6.30. The van der Waals surface area contributed by atoms with Gasteiger partial charge in [-0.05, 0) is 37.2 Å². The van der Waals surface area contributed by atoms with Crippen molar-refractivity contribution >= 4 is 11.6 Å². The zero-order valence-corrected chi connectivity index (χ0v) is 17.4. The summed E-state index contributed by atoms with van der Waals surface area (Å²) in [6, 6.07) is 7.23. The van der Waals surface area contributed by atoms with E-state index in [0.29, 0.717) is 5.82 Å². The van der Waals surface area contributed by atoms with Gasteiger partial charge in [-0.2, -0.15) is 5.10 Å². The van der Waals surface area contributed by atoms with Crippen molar-refractivity contribution in [2.45, 2.75) is 12.5 Å². The third-order valence-corrected chi connectivity index (χ3v) is 6.31. The van der Waals surface area contributed by atoms with Gasteiger partial charge >= 0.3 is 0 Å². The Morgan fingerprint density at radius 1 is 1.10 bits per heavy atom. The summed E-state index contributed by atoms with van der Waals surface area (Å²) in [7, 11) is 0. The van der Waals surface area contributed by atoms with Crippen molar-refractivity contribution in [1.29, 1.82) is 0 Å². The normalized spacial score (nSPS) is 18.7. The van der Waals surface area contributed by atoms with E-state index in [1.807, 2.05) is 18.3 Å². The Morgan fingerprint density at radius 2 is 1.94 bits per heavy atom. The lowest BCUT2D eigenvalue weighted by Crippen LogP contribution is -2.51. The number of anilines is 2. The van der Waals surface area contributed by atoms with E-state index < -0.39 is 0 Å². The van der Waals surface area contributed by atoms with Crippen LogP contribution in [0.15, 0.2) is 43.0 Å². The van der Waals surface area contributed by atoms with Crippen LogP contribution in [0.2, 0.25) is 0 Å². The molecule has 2 aliphatic rings. The zero-order chi connectivity index (χ0) is 21.2. The molecule has 2 fully saturated rings. The van der Waals surface area contributed by atoms with Crippen LogP contribution >= 0.6 is 0 Å². The van der Waals surface area contributed by atoms with Gasteiger partial charge in [-0.15, -0.1) is 0 Å². The molecule has 0 saturated carbocycles. The summed E-state index contributed by atoms with van der Waals surface area (Å²) in [5.41, 5.74) is 8.93. The highest BCUT2D eigenvalue weighted by Crippen LogP contribution is 2.34. The molecule has 162 valence electrons. The molecule has 4 heterocycles. The molecule has 31 heavy (non-hydrogen) atoms. The fourth-order valence-electron chi connectivity index (χ4n) is 4.49. The molecule has 0 spiro atoms. The number of hydrogen-bond acceptors (Lipinski definition) is 7. The van der Waals surface area contributed by atoms with Crippen LogP contribution in [0.4, 0.5) is 16.0 Å². The largest absolute Gasteiger partial charge is 0.383 e. The van der Waals surface area contributed by atoms with Gasteiger partial charge in [-0.25, -0.2) is 14.4 Å². The van der Waals surface area contributed by atoms with Crippen LogP contribution in [-0.2, 0) is 0 Å². The second-order valence-electron chi connectivity index (χ2n) is 8.19. The van der Waals surface area contributed by atoms with E-state index in [-0.39, 0.29) is 11.9 Å². The van der Waals surface area contributed by atoms with Gasteiger partial charge in [-0.3, -0.25) is 10.00 Å². The average Bonchev–Trinajstić information content (AvgIpc) is 3.27. The predicted octanol–water partition coefficient (Wildman–Crippen LogP) is 2.16. The monoisotopic (exact) mass is 422 g/mol. The first-order chi connectivity index (χ1) is 15.2. The maximum Gasteiger partial charge on any atom is 0.142 e. The van der Waals surface area contributed by atoms with Gasteiger partial charge in [0.1, 0.15) is 23.8 Å². The van der Waals surface area contributed by atoms with E-state index in [1.165, 1.54) is 18.8 Å². The molecular formula is C22H27FN8. The Morgan fingerprint density at radius 3 is 2.61 bits per heavy atom. The standard InChI is InChI=1S/C22H27FN8/c23-18-4-1-3-16(11-18)19(14-29-5-2-6-29)30-7-9-31(10-8-30)22-20(17-12-27-28-13-17)21(24)25-15-26-22/h1,3-4,11-13,15,19H,2,5-10,14H2,(H,27,28)(H2,24,25,26)/t19-/m0/s1. The van der Waals surface area contributed by atoms with Crippen LogP contribution in [0.3, 0.4) is 0 Å². The summed E-state index contributed by atoms with van der Waals surface area (Å²) in [5.74, 6) is 1.11. The minimum atomic E-state index is -0.175. The number of nitrogens with two attached hydrogens (primary N) is 1. The number of hydrogen-bond donors (Lipinski definition) is 2. The molecule has 2 saturated heterocycles. The fraction of sp³-hybridized carbons (Fsp3) is 0.409. The van der Waals surface area contributed by atoms with E-state index in [1.54, 1.807) is 12.3 Å². The molecule has 5 rings (SSSR count). The smallest absolute Gasteiger partial charge is 0.142 e. The Hall–Kier alpha value is -3.04. The molecule has 3 aromatic rings. The van der Waals surface area contributed by atoms with Gasteiger partial charge in [0.25, 0.3) is 0 Å². The van der Waals surface area contributed by atoms with Crippen molar-refractivity contribution in [3.63, 3.8) is 0 Å². The van der Waals surface area contributed by atoms with Crippen molar-refractivity contribution in [3.8, 4) is 11.1 Å². The van der Waals surface area contributed by atoms with E-state index in [4.69, 9.17) is 5.73 Å². The van der Waals surface area contributed by atoms with Crippen LogP contribution in [0.25, 0.3) is 11.1 Å². The van der Waals surface area contributed by atoms with E-state index in [9.17, 15) is 4.39 Å². The topological polar surface area (TPSA) is 90.2 Å². The van der Waals surface area contributed by atoms with E-state index in [2.05, 4.69) is 34.9 Å².